The third-order valence-corrected chi connectivity index (χ3v) is 6.73. The fourth-order valence-electron chi connectivity index (χ4n) is 3.93. The van der Waals surface area contributed by atoms with Crippen LogP contribution < -0.4 is 5.32 Å². The van der Waals surface area contributed by atoms with Crippen molar-refractivity contribution in [3.05, 3.63) is 35.4 Å². The highest BCUT2D eigenvalue weighted by molar-refractivity contribution is 7.99. The molecule has 33 heavy (non-hydrogen) atoms. The summed E-state index contributed by atoms with van der Waals surface area (Å²) in [6.07, 6.45) is 8.59. The lowest BCUT2D eigenvalue weighted by Crippen LogP contribution is -2.41. The molecule has 3 amide bonds. The predicted molar refractivity (Wildman–Crippen MR) is 131 cm³/mol. The zero-order valence-electron chi connectivity index (χ0n) is 19.5. The maximum absolute atomic E-state index is 12.3. The summed E-state index contributed by atoms with van der Waals surface area (Å²) in [6, 6.07) is 6.17. The van der Waals surface area contributed by atoms with Crippen LogP contribution in [0.1, 0.15) is 91.8 Å². The molecule has 0 radical (unpaired) electrons. The minimum absolute atomic E-state index is 0.183. The Morgan fingerprint density at radius 3 is 2.03 bits per heavy atom. The molecule has 0 saturated heterocycles. The Kier molecular flexibility index (Phi) is 12.0. The molecule has 1 aliphatic heterocycles. The van der Waals surface area contributed by atoms with Gasteiger partial charge in [0.05, 0.1) is 11.1 Å². The zero-order chi connectivity index (χ0) is 24.1. The van der Waals surface area contributed by atoms with Crippen molar-refractivity contribution in [1.29, 1.82) is 0 Å². The van der Waals surface area contributed by atoms with E-state index in [1.165, 1.54) is 4.90 Å². The van der Waals surface area contributed by atoms with Crippen molar-refractivity contribution in [1.82, 2.24) is 10.2 Å². The monoisotopic (exact) mass is 476 g/mol. The fraction of sp³-hybridized carbons (Fsp3) is 0.600. The van der Waals surface area contributed by atoms with Gasteiger partial charge in [-0.05, 0) is 42.9 Å². The molecule has 7 nitrogen and oxygen atoms in total. The minimum Gasteiger partial charge on any atom is -0.480 e. The van der Waals surface area contributed by atoms with Crippen LogP contribution in [-0.4, -0.2) is 57.8 Å². The molecular weight excluding hydrogens is 440 g/mol. The smallest absolute Gasteiger partial charge is 0.326 e. The van der Waals surface area contributed by atoms with Gasteiger partial charge in [-0.25, -0.2) is 4.79 Å². The Morgan fingerprint density at radius 1 is 0.939 bits per heavy atom. The van der Waals surface area contributed by atoms with Gasteiger partial charge in [-0.1, -0.05) is 57.6 Å². The minimum atomic E-state index is -0.969. The van der Waals surface area contributed by atoms with Gasteiger partial charge in [0.1, 0.15) is 6.04 Å². The fourth-order valence-corrected chi connectivity index (χ4v) is 4.62. The van der Waals surface area contributed by atoms with E-state index in [2.05, 4.69) is 5.32 Å². The van der Waals surface area contributed by atoms with Crippen molar-refractivity contribution in [2.75, 3.05) is 18.1 Å². The van der Waals surface area contributed by atoms with E-state index in [9.17, 15) is 24.3 Å². The maximum atomic E-state index is 12.3. The molecule has 1 heterocycles. The summed E-state index contributed by atoms with van der Waals surface area (Å²) in [5.41, 5.74) is 1.01. The first-order chi connectivity index (χ1) is 16.0. The lowest BCUT2D eigenvalue weighted by molar-refractivity contribution is -0.141. The molecule has 0 fully saturated rings. The van der Waals surface area contributed by atoms with E-state index in [1.54, 1.807) is 36.0 Å². The number of amides is 3. The van der Waals surface area contributed by atoms with Crippen LogP contribution in [0.25, 0.3) is 0 Å². The number of carbonyl (C=O) groups excluding carboxylic acids is 3. The normalized spacial score (nSPS) is 13.8. The second kappa shape index (κ2) is 14.7. The Balaban J connectivity index is 1.47. The summed E-state index contributed by atoms with van der Waals surface area (Å²) in [4.78, 5) is 49.2. The lowest BCUT2D eigenvalue weighted by atomic mass is 10.1. The van der Waals surface area contributed by atoms with Gasteiger partial charge < -0.3 is 10.4 Å². The Hall–Kier alpha value is -2.35. The lowest BCUT2D eigenvalue weighted by Gasteiger charge is -2.14. The summed E-state index contributed by atoms with van der Waals surface area (Å²) in [5, 5.41) is 11.9. The molecule has 1 aromatic rings. The van der Waals surface area contributed by atoms with E-state index in [0.29, 0.717) is 30.5 Å². The molecule has 1 aromatic carbocycles. The molecule has 0 saturated carbocycles. The van der Waals surface area contributed by atoms with Crippen molar-refractivity contribution >= 4 is 35.5 Å². The van der Waals surface area contributed by atoms with Crippen LogP contribution in [0.2, 0.25) is 0 Å². The number of nitrogens with one attached hydrogen (secondary N) is 1. The van der Waals surface area contributed by atoms with Gasteiger partial charge in [-0.2, -0.15) is 11.8 Å². The zero-order valence-corrected chi connectivity index (χ0v) is 20.3. The number of fused-ring (bicyclic) bond motifs is 1. The standard InChI is InChI=1S/C25H36N2O5S/c1-2-33-18-16-21(25(31)32)26-22(28)15-9-7-5-3-4-6-8-12-17-27-23(29)19-13-10-11-14-20(19)24(27)30/h10-11,13-14,21H,2-9,12,15-18H2,1H3,(H,26,28)(H,31,32). The molecule has 2 N–H and O–H groups in total. The van der Waals surface area contributed by atoms with Crippen LogP contribution in [-0.2, 0) is 9.59 Å². The van der Waals surface area contributed by atoms with Gasteiger partial charge in [-0.3, -0.25) is 19.3 Å². The number of aliphatic carboxylic acids is 1. The molecule has 182 valence electrons. The number of carbonyl (C=O) groups is 4. The van der Waals surface area contributed by atoms with Crippen LogP contribution >= 0.6 is 11.8 Å². The molecule has 2 rings (SSSR count). The van der Waals surface area contributed by atoms with Crippen LogP contribution in [0.15, 0.2) is 24.3 Å². The van der Waals surface area contributed by atoms with Crippen molar-refractivity contribution in [3.8, 4) is 0 Å². The third kappa shape index (κ3) is 8.84. The first-order valence-electron chi connectivity index (χ1n) is 12.0. The van der Waals surface area contributed by atoms with E-state index in [1.807, 2.05) is 6.92 Å². The average Bonchev–Trinajstić information content (AvgIpc) is 3.04. The van der Waals surface area contributed by atoms with Crippen molar-refractivity contribution in [2.24, 2.45) is 0 Å². The predicted octanol–water partition coefficient (Wildman–Crippen LogP) is 4.51. The highest BCUT2D eigenvalue weighted by atomic mass is 32.2. The number of hydrogen-bond donors (Lipinski definition) is 2. The number of thioether (sulfide) groups is 1. The van der Waals surface area contributed by atoms with Crippen LogP contribution in [0, 0.1) is 0 Å². The topological polar surface area (TPSA) is 104 Å². The average molecular weight is 477 g/mol. The van der Waals surface area contributed by atoms with Crippen LogP contribution in [0.4, 0.5) is 0 Å². The summed E-state index contributed by atoms with van der Waals surface area (Å²) < 4.78 is 0. The third-order valence-electron chi connectivity index (χ3n) is 5.80. The van der Waals surface area contributed by atoms with Crippen molar-refractivity contribution < 1.29 is 24.3 Å². The Bertz CT molecular complexity index is 779. The Morgan fingerprint density at radius 2 is 1.48 bits per heavy atom. The molecule has 1 unspecified atom stereocenters. The Labute approximate surface area is 200 Å². The maximum Gasteiger partial charge on any atom is 0.326 e. The molecule has 8 heteroatoms. The number of carboxylic acids is 1. The van der Waals surface area contributed by atoms with Crippen LogP contribution in [0.3, 0.4) is 0 Å². The van der Waals surface area contributed by atoms with Crippen molar-refractivity contribution in [3.63, 3.8) is 0 Å². The molecule has 0 spiro atoms. The highest BCUT2D eigenvalue weighted by Crippen LogP contribution is 2.23. The van der Waals surface area contributed by atoms with Crippen molar-refractivity contribution in [2.45, 2.75) is 77.2 Å². The van der Waals surface area contributed by atoms with Gasteiger partial charge in [0.15, 0.2) is 0 Å². The number of hydrogen-bond acceptors (Lipinski definition) is 5. The summed E-state index contributed by atoms with van der Waals surface area (Å²) >= 11 is 1.67. The largest absolute Gasteiger partial charge is 0.480 e. The second-order valence-electron chi connectivity index (χ2n) is 8.33. The van der Waals surface area contributed by atoms with E-state index < -0.39 is 12.0 Å². The number of benzene rings is 1. The SMILES string of the molecule is CCSCCC(NC(=O)CCCCCCCCCCN1C(=O)c2ccccc2C1=O)C(=O)O. The van der Waals surface area contributed by atoms with Crippen LogP contribution in [0.5, 0.6) is 0 Å². The molecule has 0 aromatic heterocycles. The van der Waals surface area contributed by atoms with E-state index in [0.717, 1.165) is 62.9 Å². The first kappa shape index (κ1) is 26.9. The molecule has 0 aliphatic carbocycles. The number of carboxylic acid groups (broad SMARTS) is 1. The summed E-state index contributed by atoms with van der Waals surface area (Å²) in [6.45, 7) is 2.49. The molecular formula is C25H36N2O5S. The van der Waals surface area contributed by atoms with Gasteiger partial charge in [0, 0.05) is 13.0 Å². The number of imide groups is 1. The van der Waals surface area contributed by atoms with Gasteiger partial charge in [0.25, 0.3) is 11.8 Å². The quantitative estimate of drug-likeness (QED) is 0.253. The molecule has 0 bridgehead atoms. The van der Waals surface area contributed by atoms with E-state index in [-0.39, 0.29) is 17.7 Å². The molecule has 1 atom stereocenters. The first-order valence-corrected chi connectivity index (χ1v) is 13.2. The van der Waals surface area contributed by atoms with E-state index >= 15 is 0 Å². The number of nitrogens with zero attached hydrogens (tertiary/aromatic N) is 1. The van der Waals surface area contributed by atoms with E-state index in [4.69, 9.17) is 0 Å². The van der Waals surface area contributed by atoms with Gasteiger partial charge in [0.2, 0.25) is 5.91 Å². The van der Waals surface area contributed by atoms with Gasteiger partial charge >= 0.3 is 5.97 Å². The highest BCUT2D eigenvalue weighted by Gasteiger charge is 2.34. The second-order valence-corrected chi connectivity index (χ2v) is 9.72. The summed E-state index contributed by atoms with van der Waals surface area (Å²) in [7, 11) is 0. The van der Waals surface area contributed by atoms with Gasteiger partial charge in [-0.15, -0.1) is 0 Å². The number of unbranched alkanes of at least 4 members (excludes halogenated alkanes) is 7. The molecule has 1 aliphatic rings. The summed E-state index contributed by atoms with van der Waals surface area (Å²) in [5.74, 6) is 0.141. The number of rotatable bonds is 17.